The lowest BCUT2D eigenvalue weighted by Gasteiger charge is -2.34. The summed E-state index contributed by atoms with van der Waals surface area (Å²) >= 11 is 0. The first kappa shape index (κ1) is 31.2. The predicted molar refractivity (Wildman–Crippen MR) is 141 cm³/mol. The van der Waals surface area contributed by atoms with E-state index in [4.69, 9.17) is 0 Å². The van der Waals surface area contributed by atoms with E-state index in [1.165, 1.54) is 4.52 Å². The second kappa shape index (κ2) is 12.2. The second-order valence-corrected chi connectivity index (χ2v) is 12.3. The molecular weight excluding hydrogens is 612 g/mol. The van der Waals surface area contributed by atoms with Gasteiger partial charge in [0.25, 0.3) is 5.91 Å². The monoisotopic (exact) mass is 643 g/mol. The highest BCUT2D eigenvalue weighted by atomic mass is 19.3. The number of ether oxygens (including phenoxy) is 1. The van der Waals surface area contributed by atoms with Gasteiger partial charge in [-0.2, -0.15) is 13.9 Å². The van der Waals surface area contributed by atoms with Crippen LogP contribution in [0.15, 0.2) is 23.1 Å². The smallest absolute Gasteiger partial charge is 0.345 e. The van der Waals surface area contributed by atoms with E-state index in [2.05, 4.69) is 40.4 Å². The number of rotatable bonds is 12. The van der Waals surface area contributed by atoms with Crippen molar-refractivity contribution in [1.82, 2.24) is 35.5 Å². The molecule has 244 valence electrons. The standard InChI is InChI=1S/C28H31F6N7O4/c29-26(30)44-13-19-24(40-45-39-19)25(43)38-23(16-3-5-27(31,32)6-4-16)18-12-41-20(36-18)8-17(11-35-41)22(15-1-2-15)37-21(42)7-14-9-28(33,34)10-14/h8,11-12,14-16,22-23,26H,1-7,9-10,13H2,(H,37,42)(H,38,43)/t22-,23?/m1/s1. The molecule has 3 aliphatic rings. The van der Waals surface area contributed by atoms with Gasteiger partial charge in [-0.15, -0.1) is 0 Å². The van der Waals surface area contributed by atoms with E-state index < -0.39 is 42.9 Å². The third kappa shape index (κ3) is 7.39. The summed E-state index contributed by atoms with van der Waals surface area (Å²) in [6, 6.07) is 0.464. The minimum absolute atomic E-state index is 0.0147. The zero-order valence-corrected chi connectivity index (χ0v) is 23.9. The van der Waals surface area contributed by atoms with Gasteiger partial charge >= 0.3 is 6.61 Å². The van der Waals surface area contributed by atoms with Crippen molar-refractivity contribution in [3.63, 3.8) is 0 Å². The number of carbonyl (C=O) groups excluding carboxylic acids is 2. The predicted octanol–water partition coefficient (Wildman–Crippen LogP) is 5.15. The highest BCUT2D eigenvalue weighted by molar-refractivity contribution is 5.93. The number of hydrogen-bond donors (Lipinski definition) is 2. The molecule has 17 heteroatoms. The van der Waals surface area contributed by atoms with Crippen LogP contribution in [0.25, 0.3) is 5.65 Å². The molecule has 3 aromatic rings. The summed E-state index contributed by atoms with van der Waals surface area (Å²) in [7, 11) is 0. The molecule has 1 unspecified atom stereocenters. The van der Waals surface area contributed by atoms with Gasteiger partial charge in [0.15, 0.2) is 11.3 Å². The number of nitrogens with one attached hydrogen (secondary N) is 2. The summed E-state index contributed by atoms with van der Waals surface area (Å²) in [4.78, 5) is 30.6. The molecule has 0 radical (unpaired) electrons. The Balaban J connectivity index is 1.22. The van der Waals surface area contributed by atoms with E-state index in [1.54, 1.807) is 18.5 Å². The molecular formula is C28H31F6N7O4. The number of carbonyl (C=O) groups is 2. The zero-order valence-electron chi connectivity index (χ0n) is 23.9. The fourth-order valence-corrected chi connectivity index (χ4v) is 6.21. The average molecular weight is 644 g/mol. The molecule has 0 aliphatic heterocycles. The number of nitrogens with zero attached hydrogens (tertiary/aromatic N) is 5. The van der Waals surface area contributed by atoms with Crippen LogP contribution in [-0.2, 0) is 16.1 Å². The lowest BCUT2D eigenvalue weighted by atomic mass is 9.79. The van der Waals surface area contributed by atoms with Gasteiger partial charge in [0, 0.05) is 32.1 Å². The molecule has 3 heterocycles. The Kier molecular flexibility index (Phi) is 8.47. The first-order chi connectivity index (χ1) is 21.4. The first-order valence-corrected chi connectivity index (χ1v) is 14.8. The Morgan fingerprint density at radius 2 is 1.71 bits per heavy atom. The van der Waals surface area contributed by atoms with Gasteiger partial charge in [-0.05, 0) is 60.2 Å². The van der Waals surface area contributed by atoms with Crippen molar-refractivity contribution >= 4 is 17.5 Å². The fraction of sp³-hybridized carbons (Fsp3) is 0.643. The number of halogens is 6. The number of fused-ring (bicyclic) bond motifs is 1. The summed E-state index contributed by atoms with van der Waals surface area (Å²) in [6.07, 6.45) is 3.67. The Labute approximate surface area is 252 Å². The molecule has 0 spiro atoms. The molecule has 3 aliphatic carbocycles. The number of hydrogen-bond acceptors (Lipinski definition) is 8. The lowest BCUT2D eigenvalue weighted by Crippen LogP contribution is -2.39. The minimum Gasteiger partial charge on any atom is -0.349 e. The lowest BCUT2D eigenvalue weighted by molar-refractivity contribution is -0.138. The van der Waals surface area contributed by atoms with E-state index in [0.29, 0.717) is 16.9 Å². The van der Waals surface area contributed by atoms with Crippen LogP contribution in [-0.4, -0.2) is 55.2 Å². The Bertz CT molecular complexity index is 1530. The van der Waals surface area contributed by atoms with Crippen molar-refractivity contribution < 1.29 is 45.3 Å². The van der Waals surface area contributed by atoms with Crippen molar-refractivity contribution in [3.05, 3.63) is 41.1 Å². The highest BCUT2D eigenvalue weighted by Crippen LogP contribution is 2.45. The average Bonchev–Trinajstić information content (AvgIpc) is 3.53. The molecule has 0 aromatic carbocycles. The van der Waals surface area contributed by atoms with Crippen LogP contribution < -0.4 is 10.6 Å². The van der Waals surface area contributed by atoms with E-state index in [-0.39, 0.29) is 80.1 Å². The number of imidazole rings is 1. The Hall–Kier alpha value is -3.76. The first-order valence-electron chi connectivity index (χ1n) is 14.8. The molecule has 11 nitrogen and oxygen atoms in total. The summed E-state index contributed by atoms with van der Waals surface area (Å²) in [6.45, 7) is -3.86. The summed E-state index contributed by atoms with van der Waals surface area (Å²) in [5.41, 5.74) is 0.713. The van der Waals surface area contributed by atoms with Crippen LogP contribution in [0.5, 0.6) is 0 Å². The third-order valence-corrected chi connectivity index (χ3v) is 8.73. The van der Waals surface area contributed by atoms with E-state index in [1.807, 2.05) is 0 Å². The van der Waals surface area contributed by atoms with Crippen molar-refractivity contribution in [2.75, 3.05) is 0 Å². The molecule has 3 aromatic heterocycles. The van der Waals surface area contributed by atoms with E-state index in [9.17, 15) is 35.9 Å². The van der Waals surface area contributed by atoms with Gasteiger partial charge in [0.2, 0.25) is 17.8 Å². The molecule has 6 rings (SSSR count). The normalized spacial score (nSPS) is 21.4. The van der Waals surface area contributed by atoms with Crippen LogP contribution >= 0.6 is 0 Å². The van der Waals surface area contributed by atoms with Crippen LogP contribution in [0, 0.1) is 17.8 Å². The zero-order chi connectivity index (χ0) is 31.9. The maximum atomic E-state index is 14.0. The molecule has 3 saturated carbocycles. The topological polar surface area (TPSA) is 137 Å². The van der Waals surface area contributed by atoms with Gasteiger partial charge in [-0.25, -0.2) is 31.7 Å². The van der Waals surface area contributed by atoms with Gasteiger partial charge in [-0.1, -0.05) is 5.16 Å². The van der Waals surface area contributed by atoms with Crippen LogP contribution in [0.4, 0.5) is 26.3 Å². The van der Waals surface area contributed by atoms with Gasteiger partial charge in [0.1, 0.15) is 12.3 Å². The van der Waals surface area contributed by atoms with E-state index >= 15 is 0 Å². The van der Waals surface area contributed by atoms with Crippen LogP contribution in [0.3, 0.4) is 0 Å². The van der Waals surface area contributed by atoms with Gasteiger partial charge in [0.05, 0.1) is 30.2 Å². The summed E-state index contributed by atoms with van der Waals surface area (Å²) < 4.78 is 89.9. The molecule has 3 fully saturated rings. The molecule has 45 heavy (non-hydrogen) atoms. The van der Waals surface area contributed by atoms with Crippen molar-refractivity contribution in [3.8, 4) is 0 Å². The SMILES string of the molecule is O=C(CC1CC(F)(F)C1)N[C@@H](c1cnn2cc(C(NC(=O)c3nonc3COC(F)F)C3CCC(F)(F)CC3)nc2c1)C1CC1. The van der Waals surface area contributed by atoms with Crippen LogP contribution in [0.2, 0.25) is 0 Å². The minimum atomic E-state index is -3.12. The molecule has 0 saturated heterocycles. The van der Waals surface area contributed by atoms with Gasteiger partial charge < -0.3 is 15.4 Å². The third-order valence-electron chi connectivity index (χ3n) is 8.73. The molecule has 2 N–H and O–H groups in total. The quantitative estimate of drug-likeness (QED) is 0.259. The molecule has 2 atom stereocenters. The van der Waals surface area contributed by atoms with Gasteiger partial charge in [-0.3, -0.25) is 9.59 Å². The number of alkyl halides is 6. The molecule has 0 bridgehead atoms. The van der Waals surface area contributed by atoms with Crippen molar-refractivity contribution in [1.29, 1.82) is 0 Å². The highest BCUT2D eigenvalue weighted by Gasteiger charge is 2.46. The fourth-order valence-electron chi connectivity index (χ4n) is 6.21. The van der Waals surface area contributed by atoms with Crippen molar-refractivity contribution in [2.24, 2.45) is 17.8 Å². The Morgan fingerprint density at radius 3 is 2.38 bits per heavy atom. The largest absolute Gasteiger partial charge is 0.349 e. The van der Waals surface area contributed by atoms with E-state index in [0.717, 1.165) is 12.8 Å². The Morgan fingerprint density at radius 1 is 1.00 bits per heavy atom. The maximum Gasteiger partial charge on any atom is 0.345 e. The number of aromatic nitrogens is 5. The summed E-state index contributed by atoms with van der Waals surface area (Å²) in [5.74, 6) is -7.34. The number of amides is 2. The molecule has 2 amide bonds. The van der Waals surface area contributed by atoms with Crippen molar-refractivity contribution in [2.45, 2.75) is 94.9 Å². The second-order valence-electron chi connectivity index (χ2n) is 12.3. The maximum absolute atomic E-state index is 14.0. The summed E-state index contributed by atoms with van der Waals surface area (Å²) in [5, 5.41) is 17.1. The van der Waals surface area contributed by atoms with Crippen LogP contribution in [0.1, 0.15) is 97.3 Å².